The van der Waals surface area contributed by atoms with Crippen molar-refractivity contribution in [1.29, 1.82) is 0 Å². The monoisotopic (exact) mass is 355 g/mol. The van der Waals surface area contributed by atoms with Gasteiger partial charge in [-0.1, -0.05) is 42.5 Å². The minimum absolute atomic E-state index is 0.477. The fourth-order valence-electron chi connectivity index (χ4n) is 2.58. The van der Waals surface area contributed by atoms with Gasteiger partial charge in [0.15, 0.2) is 5.96 Å². The van der Waals surface area contributed by atoms with Gasteiger partial charge in [-0.25, -0.2) is 4.99 Å². The Morgan fingerprint density at radius 3 is 2.62 bits per heavy atom. The van der Waals surface area contributed by atoms with Crippen LogP contribution in [0, 0.1) is 0 Å². The Hall–Kier alpha value is -2.53. The van der Waals surface area contributed by atoms with Crippen LogP contribution >= 0.6 is 0 Å². The van der Waals surface area contributed by atoms with Crippen molar-refractivity contribution in [3.8, 4) is 5.75 Å². The van der Waals surface area contributed by atoms with Gasteiger partial charge < -0.3 is 20.5 Å². The van der Waals surface area contributed by atoms with Gasteiger partial charge in [0.25, 0.3) is 0 Å². The number of aliphatic hydroxyl groups is 1. The van der Waals surface area contributed by atoms with Crippen LogP contribution in [-0.2, 0) is 6.54 Å². The molecule has 2 rings (SSSR count). The Labute approximate surface area is 156 Å². The van der Waals surface area contributed by atoms with Gasteiger partial charge in [0.05, 0.1) is 19.3 Å². The molecular formula is C21H29N3O2. The fourth-order valence-corrected chi connectivity index (χ4v) is 2.58. The Morgan fingerprint density at radius 2 is 1.88 bits per heavy atom. The Kier molecular flexibility index (Phi) is 8.49. The molecule has 3 N–H and O–H groups in total. The molecule has 0 amide bonds. The van der Waals surface area contributed by atoms with E-state index in [0.29, 0.717) is 26.1 Å². The number of rotatable bonds is 9. The number of ether oxygens (including phenoxy) is 1. The van der Waals surface area contributed by atoms with Crippen LogP contribution < -0.4 is 15.4 Å². The van der Waals surface area contributed by atoms with Gasteiger partial charge in [0.2, 0.25) is 0 Å². The summed E-state index contributed by atoms with van der Waals surface area (Å²) in [6.45, 7) is 6.65. The lowest BCUT2D eigenvalue weighted by Gasteiger charge is -2.14. The third-order valence-corrected chi connectivity index (χ3v) is 3.87. The average molecular weight is 355 g/mol. The summed E-state index contributed by atoms with van der Waals surface area (Å²) in [7, 11) is 0. The quantitative estimate of drug-likeness (QED) is 0.477. The minimum atomic E-state index is -0.477. The number of guanidine groups is 1. The molecule has 0 aliphatic carbocycles. The molecule has 0 heterocycles. The largest absolute Gasteiger partial charge is 0.494 e. The second-order valence-electron chi connectivity index (χ2n) is 5.92. The number of benzene rings is 2. The Bertz CT molecular complexity index is 674. The summed E-state index contributed by atoms with van der Waals surface area (Å²) in [6, 6.07) is 17.7. The van der Waals surface area contributed by atoms with E-state index in [0.717, 1.165) is 29.4 Å². The summed E-state index contributed by atoms with van der Waals surface area (Å²) >= 11 is 0. The van der Waals surface area contributed by atoms with Gasteiger partial charge in [-0.2, -0.15) is 0 Å². The number of nitrogens with one attached hydrogen (secondary N) is 2. The maximum atomic E-state index is 10.2. The van der Waals surface area contributed by atoms with Crippen molar-refractivity contribution in [1.82, 2.24) is 10.6 Å². The predicted molar refractivity (Wildman–Crippen MR) is 106 cm³/mol. The van der Waals surface area contributed by atoms with Crippen molar-refractivity contribution in [3.63, 3.8) is 0 Å². The first kappa shape index (κ1) is 19.8. The fraction of sp³-hybridized carbons (Fsp3) is 0.381. The first-order chi connectivity index (χ1) is 12.7. The van der Waals surface area contributed by atoms with Crippen LogP contribution in [0.15, 0.2) is 59.6 Å². The lowest BCUT2D eigenvalue weighted by atomic mass is 10.1. The van der Waals surface area contributed by atoms with E-state index in [-0.39, 0.29) is 0 Å². The topological polar surface area (TPSA) is 65.9 Å². The third-order valence-electron chi connectivity index (χ3n) is 3.87. The van der Waals surface area contributed by atoms with E-state index in [1.807, 2.05) is 68.4 Å². The molecule has 26 heavy (non-hydrogen) atoms. The van der Waals surface area contributed by atoms with E-state index in [9.17, 15) is 5.11 Å². The van der Waals surface area contributed by atoms with Crippen LogP contribution in [0.1, 0.15) is 37.5 Å². The zero-order valence-corrected chi connectivity index (χ0v) is 15.6. The molecule has 0 spiro atoms. The predicted octanol–water partition coefficient (Wildman–Crippen LogP) is 3.26. The van der Waals surface area contributed by atoms with E-state index in [1.54, 1.807) is 0 Å². The van der Waals surface area contributed by atoms with Gasteiger partial charge in [-0.3, -0.25) is 0 Å². The molecule has 0 fully saturated rings. The molecule has 140 valence electrons. The molecule has 5 heteroatoms. The normalized spacial score (nSPS) is 12.5. The van der Waals surface area contributed by atoms with Gasteiger partial charge in [0, 0.05) is 13.1 Å². The molecule has 0 aliphatic heterocycles. The first-order valence-electron chi connectivity index (χ1n) is 9.19. The SMILES string of the molecule is CCNC(=NCc1cccc(OCC)c1)NCCC(O)c1ccccc1. The Balaban J connectivity index is 1.87. The molecule has 2 aromatic carbocycles. The molecule has 0 radical (unpaired) electrons. The number of aliphatic imine (C=N–C) groups is 1. The lowest BCUT2D eigenvalue weighted by molar-refractivity contribution is 0.168. The highest BCUT2D eigenvalue weighted by Gasteiger charge is 2.07. The highest BCUT2D eigenvalue weighted by molar-refractivity contribution is 5.79. The molecule has 0 saturated heterocycles. The first-order valence-corrected chi connectivity index (χ1v) is 9.19. The van der Waals surface area contributed by atoms with Crippen LogP contribution in [0.2, 0.25) is 0 Å². The second kappa shape index (κ2) is 11.2. The molecule has 0 saturated carbocycles. The van der Waals surface area contributed by atoms with Gasteiger partial charge >= 0.3 is 0 Å². The number of aliphatic hydroxyl groups excluding tert-OH is 1. The molecule has 0 aliphatic rings. The van der Waals surface area contributed by atoms with Gasteiger partial charge in [-0.05, 0) is 43.5 Å². The van der Waals surface area contributed by atoms with Crippen LogP contribution in [-0.4, -0.2) is 30.8 Å². The van der Waals surface area contributed by atoms with E-state index in [1.165, 1.54) is 0 Å². The molecule has 5 nitrogen and oxygen atoms in total. The van der Waals surface area contributed by atoms with Crippen molar-refractivity contribution >= 4 is 5.96 Å². The average Bonchev–Trinajstić information content (AvgIpc) is 2.67. The maximum absolute atomic E-state index is 10.2. The third kappa shape index (κ3) is 6.76. The molecule has 1 unspecified atom stereocenters. The molecular weight excluding hydrogens is 326 g/mol. The summed E-state index contributed by atoms with van der Waals surface area (Å²) in [5, 5.41) is 16.7. The lowest BCUT2D eigenvalue weighted by Crippen LogP contribution is -2.38. The van der Waals surface area contributed by atoms with E-state index in [2.05, 4.69) is 15.6 Å². The number of hydrogen-bond donors (Lipinski definition) is 3. The highest BCUT2D eigenvalue weighted by Crippen LogP contribution is 2.15. The van der Waals surface area contributed by atoms with E-state index in [4.69, 9.17) is 4.74 Å². The zero-order valence-electron chi connectivity index (χ0n) is 15.6. The summed E-state index contributed by atoms with van der Waals surface area (Å²) in [6.07, 6.45) is 0.142. The van der Waals surface area contributed by atoms with Crippen LogP contribution in [0.5, 0.6) is 5.75 Å². The van der Waals surface area contributed by atoms with Crippen LogP contribution in [0.3, 0.4) is 0 Å². The Morgan fingerprint density at radius 1 is 1.08 bits per heavy atom. The summed E-state index contributed by atoms with van der Waals surface area (Å²) in [5.41, 5.74) is 2.03. The van der Waals surface area contributed by atoms with Gasteiger partial charge in [0.1, 0.15) is 5.75 Å². The standard InChI is InChI=1S/C21H29N3O2/c1-3-22-21(23-14-13-20(25)18-10-6-5-7-11-18)24-16-17-9-8-12-19(15-17)26-4-2/h5-12,15,20,25H,3-4,13-14,16H2,1-2H3,(H2,22,23,24). The molecule has 0 aromatic heterocycles. The van der Waals surface area contributed by atoms with Crippen molar-refractivity contribution in [2.75, 3.05) is 19.7 Å². The van der Waals surface area contributed by atoms with Crippen molar-refractivity contribution < 1.29 is 9.84 Å². The molecule has 0 bridgehead atoms. The molecule has 1 atom stereocenters. The molecule has 2 aromatic rings. The summed E-state index contributed by atoms with van der Waals surface area (Å²) < 4.78 is 5.53. The van der Waals surface area contributed by atoms with Crippen LogP contribution in [0.25, 0.3) is 0 Å². The van der Waals surface area contributed by atoms with E-state index < -0.39 is 6.10 Å². The minimum Gasteiger partial charge on any atom is -0.494 e. The van der Waals surface area contributed by atoms with Crippen molar-refractivity contribution in [2.24, 2.45) is 4.99 Å². The number of hydrogen-bond acceptors (Lipinski definition) is 3. The summed E-state index contributed by atoms with van der Waals surface area (Å²) in [5.74, 6) is 1.61. The van der Waals surface area contributed by atoms with Gasteiger partial charge in [-0.15, -0.1) is 0 Å². The van der Waals surface area contributed by atoms with Crippen molar-refractivity contribution in [3.05, 3.63) is 65.7 Å². The highest BCUT2D eigenvalue weighted by atomic mass is 16.5. The maximum Gasteiger partial charge on any atom is 0.191 e. The zero-order chi connectivity index (χ0) is 18.6. The second-order valence-corrected chi connectivity index (χ2v) is 5.92. The van der Waals surface area contributed by atoms with Crippen molar-refractivity contribution in [2.45, 2.75) is 32.9 Å². The van der Waals surface area contributed by atoms with Crippen LogP contribution in [0.4, 0.5) is 0 Å². The van der Waals surface area contributed by atoms with E-state index >= 15 is 0 Å². The smallest absolute Gasteiger partial charge is 0.191 e. The number of nitrogens with zero attached hydrogens (tertiary/aromatic N) is 1. The summed E-state index contributed by atoms with van der Waals surface area (Å²) in [4.78, 5) is 4.61.